The van der Waals surface area contributed by atoms with Crippen LogP contribution in [0.4, 0.5) is 0 Å². The standard InChI is InChI=1S/C47H100N8O7.CH4/c48-28-24-34-50-30-20-22-32-52-38-41(39-53-33-23-21-31-51-35-25-29-49)26-16-13-15-18-36-54-43(58)27-17-12-10-8-6-4-2-1-3-5-7-9-11-14-19-37-55-47(62)46(61)45(60)44(59)42(57)40-56;/h41-42,44-46,50-53,56-57,59-61H,1-40,48-49H2,(H,54,58)(H,55,62);1H4/t42-,44-,45+,46-;/m1./s1. The zero-order valence-corrected chi connectivity index (χ0v) is 39.4. The molecule has 0 aromatic rings. The summed E-state index contributed by atoms with van der Waals surface area (Å²) in [5.74, 6) is 0.0470. The molecule has 0 heterocycles. The van der Waals surface area contributed by atoms with Crippen LogP contribution >= 0.6 is 0 Å². The van der Waals surface area contributed by atoms with E-state index in [1.165, 1.54) is 109 Å². The van der Waals surface area contributed by atoms with Gasteiger partial charge in [-0.15, -0.1) is 0 Å². The molecule has 4 atom stereocenters. The van der Waals surface area contributed by atoms with E-state index < -0.39 is 36.9 Å². The first kappa shape index (κ1) is 63.6. The molecule has 15 heteroatoms. The van der Waals surface area contributed by atoms with Crippen LogP contribution in [0.15, 0.2) is 0 Å². The summed E-state index contributed by atoms with van der Waals surface area (Å²) < 4.78 is 0. The minimum absolute atomic E-state index is 0. The van der Waals surface area contributed by atoms with Crippen LogP contribution in [0.25, 0.3) is 0 Å². The quantitative estimate of drug-likeness (QED) is 0.0389. The van der Waals surface area contributed by atoms with Crippen molar-refractivity contribution in [2.75, 3.05) is 85.1 Å². The predicted octanol–water partition coefficient (Wildman–Crippen LogP) is 3.72. The number of hydrogen-bond acceptors (Lipinski definition) is 13. The Bertz CT molecular complexity index is 939. The van der Waals surface area contributed by atoms with Gasteiger partial charge < -0.3 is 68.9 Å². The van der Waals surface area contributed by atoms with Crippen LogP contribution in [0.2, 0.25) is 0 Å². The predicted molar refractivity (Wildman–Crippen MR) is 262 cm³/mol. The smallest absolute Gasteiger partial charge is 0.251 e. The molecule has 0 saturated heterocycles. The van der Waals surface area contributed by atoms with Gasteiger partial charge in [0.2, 0.25) is 5.91 Å². The molecule has 378 valence electrons. The van der Waals surface area contributed by atoms with E-state index in [1.807, 2.05) is 0 Å². The fraction of sp³-hybridized carbons (Fsp3) is 0.958. The van der Waals surface area contributed by atoms with Crippen molar-refractivity contribution in [1.82, 2.24) is 31.9 Å². The van der Waals surface area contributed by atoms with Gasteiger partial charge >= 0.3 is 0 Å². The number of nitrogens with one attached hydrogen (secondary N) is 6. The van der Waals surface area contributed by atoms with Crippen molar-refractivity contribution in [2.24, 2.45) is 17.4 Å². The van der Waals surface area contributed by atoms with Crippen molar-refractivity contribution in [2.45, 2.75) is 205 Å². The van der Waals surface area contributed by atoms with Crippen LogP contribution in [0.3, 0.4) is 0 Å². The van der Waals surface area contributed by atoms with Gasteiger partial charge in [0, 0.05) is 19.5 Å². The summed E-state index contributed by atoms with van der Waals surface area (Å²) in [6.45, 7) is 10.4. The van der Waals surface area contributed by atoms with Crippen LogP contribution in [-0.4, -0.2) is 147 Å². The van der Waals surface area contributed by atoms with E-state index in [1.54, 1.807) is 0 Å². The third kappa shape index (κ3) is 42.9. The molecule has 0 aromatic carbocycles. The molecule has 0 aliphatic rings. The lowest BCUT2D eigenvalue weighted by Gasteiger charge is -2.24. The number of rotatable bonds is 50. The maximum absolute atomic E-state index is 12.3. The lowest BCUT2D eigenvalue weighted by atomic mass is 10.00. The first-order valence-corrected chi connectivity index (χ1v) is 25.4. The Balaban J connectivity index is 0. The summed E-state index contributed by atoms with van der Waals surface area (Å²) in [4.78, 5) is 24.3. The van der Waals surface area contributed by atoms with Crippen molar-refractivity contribution in [3.63, 3.8) is 0 Å². The molecule has 0 spiro atoms. The fourth-order valence-corrected chi connectivity index (χ4v) is 7.52. The van der Waals surface area contributed by atoms with E-state index in [-0.39, 0.29) is 13.3 Å². The summed E-state index contributed by atoms with van der Waals surface area (Å²) in [5, 5.41) is 67.5. The third-order valence-corrected chi connectivity index (χ3v) is 11.7. The average molecular weight is 905 g/mol. The lowest BCUT2D eigenvalue weighted by Crippen LogP contribution is -2.51. The molecule has 0 radical (unpaired) electrons. The highest BCUT2D eigenvalue weighted by Gasteiger charge is 2.33. The molecular weight excluding hydrogens is 801 g/mol. The first-order chi connectivity index (χ1) is 30.3. The van der Waals surface area contributed by atoms with E-state index in [2.05, 4.69) is 31.9 Å². The average Bonchev–Trinajstić information content (AvgIpc) is 3.28. The second kappa shape index (κ2) is 49.9. The molecule has 15 nitrogen and oxygen atoms in total. The number of carbonyl (C=O) groups is 2. The SMILES string of the molecule is C.NCCCNCCCCNCC(CCCCCCNC(=O)CCCCCCCCCCCCCCCCCNC(=O)[C@H](O)[C@@H](O)[C@H](O)[C@H](O)CO)CNCCCCNCCCN. The molecule has 15 N–H and O–H groups in total. The molecule has 0 fully saturated rings. The molecule has 0 aromatic heterocycles. The summed E-state index contributed by atoms with van der Waals surface area (Å²) in [5.41, 5.74) is 11.1. The van der Waals surface area contributed by atoms with Gasteiger partial charge in [-0.2, -0.15) is 0 Å². The van der Waals surface area contributed by atoms with Crippen molar-refractivity contribution >= 4 is 11.8 Å². The molecule has 0 rings (SSSR count). The number of amides is 2. The Hall–Kier alpha value is -1.50. The second-order valence-corrected chi connectivity index (χ2v) is 17.5. The Morgan fingerprint density at radius 2 is 0.794 bits per heavy atom. The number of hydrogen-bond donors (Lipinski definition) is 13. The Kier molecular flexibility index (Phi) is 50.4. The maximum atomic E-state index is 12.3. The van der Waals surface area contributed by atoms with Crippen LogP contribution in [-0.2, 0) is 9.59 Å². The van der Waals surface area contributed by atoms with E-state index >= 15 is 0 Å². The minimum atomic E-state index is -1.88. The monoisotopic (exact) mass is 905 g/mol. The van der Waals surface area contributed by atoms with Gasteiger partial charge in [-0.1, -0.05) is 110 Å². The van der Waals surface area contributed by atoms with E-state index in [0.717, 1.165) is 130 Å². The number of unbranched alkanes of at least 4 members (excludes halogenated alkanes) is 19. The van der Waals surface area contributed by atoms with E-state index in [9.17, 15) is 30.0 Å². The molecule has 0 aliphatic carbocycles. The van der Waals surface area contributed by atoms with Crippen molar-refractivity contribution < 1.29 is 35.1 Å². The van der Waals surface area contributed by atoms with Crippen LogP contribution in [0, 0.1) is 5.92 Å². The van der Waals surface area contributed by atoms with Crippen LogP contribution in [0.1, 0.15) is 181 Å². The Labute approximate surface area is 385 Å². The zero-order chi connectivity index (χ0) is 45.6. The van der Waals surface area contributed by atoms with Gasteiger partial charge in [0.15, 0.2) is 6.10 Å². The minimum Gasteiger partial charge on any atom is -0.394 e. The van der Waals surface area contributed by atoms with Gasteiger partial charge in [-0.05, 0) is 136 Å². The molecule has 2 amide bonds. The van der Waals surface area contributed by atoms with Crippen LogP contribution in [0.5, 0.6) is 0 Å². The van der Waals surface area contributed by atoms with E-state index in [4.69, 9.17) is 16.6 Å². The highest BCUT2D eigenvalue weighted by molar-refractivity contribution is 5.81. The number of aliphatic hydroxyl groups is 5. The van der Waals surface area contributed by atoms with E-state index in [0.29, 0.717) is 18.9 Å². The molecule has 63 heavy (non-hydrogen) atoms. The summed E-state index contributed by atoms with van der Waals surface area (Å²) >= 11 is 0. The molecule has 0 aliphatic heterocycles. The van der Waals surface area contributed by atoms with Gasteiger partial charge in [0.25, 0.3) is 5.91 Å². The largest absolute Gasteiger partial charge is 0.394 e. The Morgan fingerprint density at radius 1 is 0.429 bits per heavy atom. The zero-order valence-electron chi connectivity index (χ0n) is 39.4. The maximum Gasteiger partial charge on any atom is 0.251 e. The number of aliphatic hydroxyl groups excluding tert-OH is 5. The summed E-state index contributed by atoms with van der Waals surface area (Å²) in [6, 6.07) is 0. The van der Waals surface area contributed by atoms with Gasteiger partial charge in [0.05, 0.1) is 6.61 Å². The van der Waals surface area contributed by atoms with Crippen molar-refractivity contribution in [3.8, 4) is 0 Å². The van der Waals surface area contributed by atoms with Gasteiger partial charge in [0.1, 0.15) is 18.3 Å². The molecular formula is C48H104N8O7. The number of carbonyl (C=O) groups excluding carboxylic acids is 2. The lowest BCUT2D eigenvalue weighted by molar-refractivity contribution is -0.148. The normalized spacial score (nSPS) is 13.5. The fourth-order valence-electron chi connectivity index (χ4n) is 7.52. The molecule has 0 saturated carbocycles. The Morgan fingerprint density at radius 3 is 1.24 bits per heavy atom. The number of nitrogens with two attached hydrogens (primary N) is 2. The first-order valence-electron chi connectivity index (χ1n) is 25.4. The highest BCUT2D eigenvalue weighted by Crippen LogP contribution is 2.15. The third-order valence-electron chi connectivity index (χ3n) is 11.7. The second-order valence-electron chi connectivity index (χ2n) is 17.5. The topological polar surface area (TPSA) is 260 Å². The molecule has 0 bridgehead atoms. The molecule has 0 unspecified atom stereocenters. The van der Waals surface area contributed by atoms with Crippen molar-refractivity contribution in [3.05, 3.63) is 0 Å². The van der Waals surface area contributed by atoms with Crippen LogP contribution < -0.4 is 43.4 Å². The summed E-state index contributed by atoms with van der Waals surface area (Å²) in [7, 11) is 0. The highest BCUT2D eigenvalue weighted by atomic mass is 16.4. The van der Waals surface area contributed by atoms with Gasteiger partial charge in [-0.3, -0.25) is 9.59 Å². The summed E-state index contributed by atoms with van der Waals surface area (Å²) in [6.07, 6.45) is 23.7. The van der Waals surface area contributed by atoms with Crippen molar-refractivity contribution in [1.29, 1.82) is 0 Å². The van der Waals surface area contributed by atoms with Gasteiger partial charge in [-0.25, -0.2) is 0 Å².